The number of halogens is 1. The van der Waals surface area contributed by atoms with Gasteiger partial charge in [-0.1, -0.05) is 56.5 Å². The number of para-hydroxylation sites is 1. The predicted molar refractivity (Wildman–Crippen MR) is 105 cm³/mol. The van der Waals surface area contributed by atoms with Gasteiger partial charge < -0.3 is 10.2 Å². The quantitative estimate of drug-likeness (QED) is 0.778. The summed E-state index contributed by atoms with van der Waals surface area (Å²) in [5.74, 6) is 0.582. The maximum absolute atomic E-state index is 12.5. The molecule has 0 aliphatic rings. The molecule has 0 aliphatic carbocycles. The van der Waals surface area contributed by atoms with Crippen molar-refractivity contribution in [2.24, 2.45) is 5.92 Å². The number of nitrogens with zero attached hydrogens (tertiary/aromatic N) is 3. The van der Waals surface area contributed by atoms with Gasteiger partial charge in [0.2, 0.25) is 0 Å². The van der Waals surface area contributed by atoms with Gasteiger partial charge in [-0.15, -0.1) is 0 Å². The molecule has 25 heavy (non-hydrogen) atoms. The van der Waals surface area contributed by atoms with Gasteiger partial charge in [0.15, 0.2) is 0 Å². The maximum Gasteiger partial charge on any atom is 0.292 e. The highest BCUT2D eigenvalue weighted by atomic mass is 35.5. The Morgan fingerprint density at radius 2 is 1.84 bits per heavy atom. The summed E-state index contributed by atoms with van der Waals surface area (Å²) in [6.45, 7) is 5.13. The van der Waals surface area contributed by atoms with E-state index in [2.05, 4.69) is 43.3 Å². The van der Waals surface area contributed by atoms with Crippen LogP contribution in [0.25, 0.3) is 5.69 Å². The van der Waals surface area contributed by atoms with Crippen LogP contribution in [-0.4, -0.2) is 41.4 Å². The molecule has 1 heterocycles. The van der Waals surface area contributed by atoms with E-state index in [9.17, 15) is 4.79 Å². The van der Waals surface area contributed by atoms with Crippen LogP contribution in [0.2, 0.25) is 5.02 Å². The van der Waals surface area contributed by atoms with E-state index < -0.39 is 0 Å². The summed E-state index contributed by atoms with van der Waals surface area (Å²) >= 11 is 6.31. The van der Waals surface area contributed by atoms with Crippen LogP contribution in [0, 0.1) is 5.92 Å². The number of rotatable bonds is 8. The first kappa shape index (κ1) is 19.5. The van der Waals surface area contributed by atoms with Crippen molar-refractivity contribution in [1.82, 2.24) is 14.7 Å². The Morgan fingerprint density at radius 3 is 2.40 bits per heavy atom. The lowest BCUT2D eigenvalue weighted by Gasteiger charge is -2.31. The molecule has 0 bridgehead atoms. The van der Waals surface area contributed by atoms with Crippen LogP contribution < -0.4 is 10.9 Å². The average Bonchev–Trinajstić information content (AvgIpc) is 2.62. The number of hydrogen-bond acceptors (Lipinski definition) is 4. The van der Waals surface area contributed by atoms with Crippen molar-refractivity contribution in [2.75, 3.05) is 26.0 Å². The largest absolute Gasteiger partial charge is 0.381 e. The van der Waals surface area contributed by atoms with Crippen LogP contribution in [-0.2, 0) is 0 Å². The summed E-state index contributed by atoms with van der Waals surface area (Å²) in [4.78, 5) is 14.8. The Morgan fingerprint density at radius 1 is 1.20 bits per heavy atom. The van der Waals surface area contributed by atoms with E-state index in [1.165, 1.54) is 4.68 Å². The van der Waals surface area contributed by atoms with Crippen molar-refractivity contribution in [3.63, 3.8) is 0 Å². The molecule has 0 fully saturated rings. The zero-order chi connectivity index (χ0) is 18.4. The lowest BCUT2D eigenvalue weighted by molar-refractivity contribution is 0.210. The minimum absolute atomic E-state index is 0.168. The number of likely N-dealkylation sites (N-methyl/N-ethyl adjacent to an activating group) is 1. The summed E-state index contributed by atoms with van der Waals surface area (Å²) in [5, 5.41) is 7.74. The van der Waals surface area contributed by atoms with E-state index in [0.717, 1.165) is 19.4 Å². The Bertz CT molecular complexity index is 726. The molecular formula is C19H27ClN4O. The molecule has 0 unspecified atom stereocenters. The fourth-order valence-corrected chi connectivity index (χ4v) is 3.32. The molecule has 0 saturated carbocycles. The van der Waals surface area contributed by atoms with E-state index in [-0.39, 0.29) is 10.6 Å². The smallest absolute Gasteiger partial charge is 0.292 e. The van der Waals surface area contributed by atoms with E-state index in [4.69, 9.17) is 11.6 Å². The lowest BCUT2D eigenvalue weighted by Crippen LogP contribution is -2.40. The number of aromatic nitrogens is 2. The van der Waals surface area contributed by atoms with Gasteiger partial charge in [-0.25, -0.2) is 0 Å². The van der Waals surface area contributed by atoms with Gasteiger partial charge in [-0.05, 0) is 32.1 Å². The van der Waals surface area contributed by atoms with Gasteiger partial charge in [0, 0.05) is 12.6 Å². The molecule has 136 valence electrons. The van der Waals surface area contributed by atoms with Crippen LogP contribution in [0.4, 0.5) is 5.69 Å². The standard InChI is InChI=1S/C19H27ClN4O/c1-5-14(6-2)17(23(3)4)13-21-16-12-22-24(19(25)18(16)20)15-10-8-7-9-11-15/h7-12,14,17,21H,5-6,13H2,1-4H3/t17-/m1/s1. The molecule has 5 nitrogen and oxygen atoms in total. The highest BCUT2D eigenvalue weighted by Gasteiger charge is 2.21. The molecule has 1 aromatic heterocycles. The average molecular weight is 363 g/mol. The normalized spacial score (nSPS) is 12.6. The van der Waals surface area contributed by atoms with Crippen molar-refractivity contribution in [2.45, 2.75) is 32.7 Å². The van der Waals surface area contributed by atoms with Crippen LogP contribution in [0.5, 0.6) is 0 Å². The molecule has 0 aliphatic heterocycles. The minimum Gasteiger partial charge on any atom is -0.381 e. The second-order valence-corrected chi connectivity index (χ2v) is 6.79. The van der Waals surface area contributed by atoms with Crippen LogP contribution >= 0.6 is 11.6 Å². The van der Waals surface area contributed by atoms with Gasteiger partial charge in [0.25, 0.3) is 5.56 Å². The third kappa shape index (κ3) is 4.61. The van der Waals surface area contributed by atoms with Crippen molar-refractivity contribution in [3.8, 4) is 5.69 Å². The molecular weight excluding hydrogens is 336 g/mol. The van der Waals surface area contributed by atoms with Crippen molar-refractivity contribution in [1.29, 1.82) is 0 Å². The Labute approximate surface area is 154 Å². The van der Waals surface area contributed by atoms with E-state index >= 15 is 0 Å². The Kier molecular flexibility index (Phi) is 7.02. The summed E-state index contributed by atoms with van der Waals surface area (Å²) in [6, 6.07) is 9.63. The van der Waals surface area contributed by atoms with Crippen LogP contribution in [0.15, 0.2) is 41.3 Å². The first-order chi connectivity index (χ1) is 12.0. The SMILES string of the molecule is CCC(CC)[C@@H](CNc1cnn(-c2ccccc2)c(=O)c1Cl)N(C)C. The number of anilines is 1. The van der Waals surface area contributed by atoms with Crippen molar-refractivity contribution in [3.05, 3.63) is 51.9 Å². The van der Waals surface area contributed by atoms with Crippen molar-refractivity contribution >= 4 is 17.3 Å². The van der Waals surface area contributed by atoms with E-state index in [1.807, 2.05) is 30.3 Å². The molecule has 0 saturated heterocycles. The fraction of sp³-hybridized carbons (Fsp3) is 0.474. The highest BCUT2D eigenvalue weighted by molar-refractivity contribution is 6.32. The summed E-state index contributed by atoms with van der Waals surface area (Å²) < 4.78 is 1.32. The van der Waals surface area contributed by atoms with Gasteiger partial charge in [0.1, 0.15) is 5.02 Å². The van der Waals surface area contributed by atoms with Crippen molar-refractivity contribution < 1.29 is 0 Å². The first-order valence-corrected chi connectivity index (χ1v) is 9.10. The number of nitrogens with one attached hydrogen (secondary N) is 1. The molecule has 2 aromatic rings. The minimum atomic E-state index is -0.318. The molecule has 0 spiro atoms. The lowest BCUT2D eigenvalue weighted by atomic mass is 9.93. The Balaban J connectivity index is 2.21. The van der Waals surface area contributed by atoms with Gasteiger partial charge in [-0.3, -0.25) is 4.79 Å². The number of hydrogen-bond donors (Lipinski definition) is 1. The molecule has 1 N–H and O–H groups in total. The topological polar surface area (TPSA) is 50.2 Å². The first-order valence-electron chi connectivity index (χ1n) is 8.73. The van der Waals surface area contributed by atoms with Gasteiger partial charge in [0.05, 0.1) is 17.6 Å². The van der Waals surface area contributed by atoms with Crippen LogP contribution in [0.1, 0.15) is 26.7 Å². The van der Waals surface area contributed by atoms with Crippen LogP contribution in [0.3, 0.4) is 0 Å². The summed E-state index contributed by atoms with van der Waals surface area (Å²) in [6.07, 6.45) is 3.85. The summed E-state index contributed by atoms with van der Waals surface area (Å²) in [5.41, 5.74) is 0.961. The van der Waals surface area contributed by atoms with Gasteiger partial charge >= 0.3 is 0 Å². The van der Waals surface area contributed by atoms with Gasteiger partial charge in [-0.2, -0.15) is 9.78 Å². The zero-order valence-electron chi connectivity index (χ0n) is 15.4. The molecule has 2 rings (SSSR count). The van der Waals surface area contributed by atoms with E-state index in [1.54, 1.807) is 6.20 Å². The molecule has 6 heteroatoms. The third-order valence-electron chi connectivity index (χ3n) is 4.68. The monoisotopic (exact) mass is 362 g/mol. The second-order valence-electron chi connectivity index (χ2n) is 6.41. The zero-order valence-corrected chi connectivity index (χ0v) is 16.1. The third-order valence-corrected chi connectivity index (χ3v) is 5.04. The summed E-state index contributed by atoms with van der Waals surface area (Å²) in [7, 11) is 4.16. The predicted octanol–water partition coefficient (Wildman–Crippen LogP) is 3.66. The molecule has 0 amide bonds. The fourth-order valence-electron chi connectivity index (χ4n) is 3.13. The Hall–Kier alpha value is -1.85. The van der Waals surface area contributed by atoms with E-state index in [0.29, 0.717) is 23.3 Å². The molecule has 1 atom stereocenters. The molecule has 0 radical (unpaired) electrons. The second kappa shape index (κ2) is 9.02. The highest BCUT2D eigenvalue weighted by Crippen LogP contribution is 2.20. The number of benzene rings is 1. The molecule has 1 aromatic carbocycles. The maximum atomic E-state index is 12.5.